The lowest BCUT2D eigenvalue weighted by Gasteiger charge is -2.61. The van der Waals surface area contributed by atoms with Crippen molar-refractivity contribution in [3.8, 4) is 0 Å². The highest BCUT2D eigenvalue weighted by atomic mass is 17.3. The first kappa shape index (κ1) is 43.7. The van der Waals surface area contributed by atoms with Gasteiger partial charge >= 0.3 is 0 Å². The molecule has 0 aromatic heterocycles. The minimum absolute atomic E-state index is 0.0306. The van der Waals surface area contributed by atoms with Crippen molar-refractivity contribution in [2.45, 2.75) is 224 Å². The van der Waals surface area contributed by atoms with E-state index in [4.69, 9.17) is 72.0 Å². The summed E-state index contributed by atoms with van der Waals surface area (Å²) in [6.45, 7) is 19.8. The molecule has 24 atom stereocenters. The van der Waals surface area contributed by atoms with Crippen LogP contribution in [0.2, 0.25) is 0 Å². The summed E-state index contributed by atoms with van der Waals surface area (Å²) in [7, 11) is 0. The van der Waals surface area contributed by atoms with Gasteiger partial charge < -0.3 is 42.6 Å². The van der Waals surface area contributed by atoms with Crippen molar-refractivity contribution in [2.75, 3.05) is 6.61 Å². The van der Waals surface area contributed by atoms with Crippen LogP contribution in [0.3, 0.4) is 0 Å². The molecule has 356 valence electrons. The third kappa shape index (κ3) is 6.37. The molecule has 12 saturated heterocycles. The summed E-state index contributed by atoms with van der Waals surface area (Å²) in [5.74, 6) is -0.252. The fraction of sp³-hybridized carbons (Fsp3) is 1.00. The fourth-order valence-electron chi connectivity index (χ4n) is 15.9. The van der Waals surface area contributed by atoms with E-state index in [0.29, 0.717) is 30.8 Å². The highest BCUT2D eigenvalue weighted by Gasteiger charge is 2.73. The number of hydrogen-bond donors (Lipinski definition) is 0. The normalized spacial score (nSPS) is 60.5. The molecule has 0 aromatic rings. The van der Waals surface area contributed by atoms with Crippen LogP contribution in [-0.4, -0.2) is 84.8 Å². The average molecular weight is 891 g/mol. The van der Waals surface area contributed by atoms with Crippen LogP contribution in [0.4, 0.5) is 0 Å². The Bertz CT molecular complexity index is 1660. The molecule has 6 bridgehead atoms. The summed E-state index contributed by atoms with van der Waals surface area (Å²) in [6.07, 6.45) is 7.24. The van der Waals surface area contributed by atoms with Crippen LogP contribution >= 0.6 is 0 Å². The van der Waals surface area contributed by atoms with Crippen molar-refractivity contribution >= 4 is 0 Å². The van der Waals surface area contributed by atoms with Crippen LogP contribution < -0.4 is 0 Å². The minimum atomic E-state index is -0.898. The highest BCUT2D eigenvalue weighted by Crippen LogP contribution is 2.64. The van der Waals surface area contributed by atoms with E-state index in [9.17, 15) is 0 Å². The summed E-state index contributed by atoms with van der Waals surface area (Å²) in [5, 5.41) is 0. The maximum absolute atomic E-state index is 7.13. The van der Waals surface area contributed by atoms with Crippen LogP contribution in [-0.2, 0) is 72.0 Å². The van der Waals surface area contributed by atoms with E-state index >= 15 is 0 Å². The van der Waals surface area contributed by atoms with E-state index in [2.05, 4.69) is 41.5 Å². The van der Waals surface area contributed by atoms with Gasteiger partial charge in [0.25, 0.3) is 0 Å². The lowest BCUT2D eigenvalue weighted by atomic mass is 9.58. The number of rotatable bonds is 8. The number of ether oxygens (including phenoxy) is 9. The predicted molar refractivity (Wildman–Crippen MR) is 217 cm³/mol. The van der Waals surface area contributed by atoms with Gasteiger partial charge in [0.1, 0.15) is 0 Å². The molecular weight excluding hydrogens is 817 g/mol. The predicted octanol–water partition coefficient (Wildman–Crippen LogP) is 8.38. The monoisotopic (exact) mass is 891 g/mol. The van der Waals surface area contributed by atoms with Gasteiger partial charge in [-0.15, -0.1) is 0 Å². The topological polar surface area (TPSA) is 138 Å². The molecule has 3 aliphatic carbocycles. The Labute approximate surface area is 372 Å². The van der Waals surface area contributed by atoms with Gasteiger partial charge in [-0.1, -0.05) is 41.5 Å². The largest absolute Gasteiger partial charge is 0.352 e. The first-order valence-electron chi connectivity index (χ1n) is 25.1. The molecule has 3 spiro atoms. The summed E-state index contributed by atoms with van der Waals surface area (Å²) >= 11 is 0. The van der Waals surface area contributed by atoms with E-state index in [0.717, 1.165) is 77.0 Å². The van der Waals surface area contributed by atoms with Crippen LogP contribution in [0.1, 0.15) is 146 Å². The average Bonchev–Trinajstić information content (AvgIpc) is 3.73. The quantitative estimate of drug-likeness (QED) is 0.170. The lowest BCUT2D eigenvalue weighted by molar-refractivity contribution is -0.583. The Morgan fingerprint density at radius 2 is 0.778 bits per heavy atom. The lowest BCUT2D eigenvalue weighted by Crippen LogP contribution is -2.71. The van der Waals surface area contributed by atoms with E-state index < -0.39 is 78.2 Å². The van der Waals surface area contributed by atoms with Crippen molar-refractivity contribution in [3.05, 3.63) is 0 Å². The van der Waals surface area contributed by atoms with Crippen molar-refractivity contribution < 1.29 is 72.0 Å². The van der Waals surface area contributed by atoms with Crippen molar-refractivity contribution in [2.24, 2.45) is 71.0 Å². The molecule has 15 nitrogen and oxygen atoms in total. The third-order valence-corrected chi connectivity index (χ3v) is 19.5. The molecule has 15 heteroatoms. The van der Waals surface area contributed by atoms with Gasteiger partial charge in [0, 0.05) is 61.2 Å². The molecule has 0 radical (unpaired) electrons. The van der Waals surface area contributed by atoms with E-state index in [-0.39, 0.29) is 53.3 Å². The second-order valence-corrected chi connectivity index (χ2v) is 23.2. The van der Waals surface area contributed by atoms with E-state index in [1.807, 2.05) is 20.8 Å². The van der Waals surface area contributed by atoms with Crippen molar-refractivity contribution in [1.82, 2.24) is 0 Å². The zero-order valence-corrected chi connectivity index (χ0v) is 39.0. The molecule has 15 rings (SSSR count). The summed E-state index contributed by atoms with van der Waals surface area (Å²) in [4.78, 5) is 37.7. The van der Waals surface area contributed by atoms with Gasteiger partial charge in [-0.3, -0.25) is 0 Å². The zero-order chi connectivity index (χ0) is 43.5. The highest BCUT2D eigenvalue weighted by molar-refractivity contribution is 5.12. The molecule has 63 heavy (non-hydrogen) atoms. The number of fused-ring (bicyclic) bond motifs is 6. The summed E-state index contributed by atoms with van der Waals surface area (Å²) in [6, 6.07) is 0. The fourth-order valence-corrected chi connectivity index (χ4v) is 15.9. The molecular formula is C48H74O15. The maximum Gasteiger partial charge on any atom is 0.201 e. The van der Waals surface area contributed by atoms with Gasteiger partial charge in [0.2, 0.25) is 17.4 Å². The SMILES string of the molecule is C[C@@H]1CC[C@H]2[C@@H](C)C(OCCC(OC3O[C@@H]4OC5(C)CC[C@H]6[C@H](C)CC[C@@H]([C@H]3C)[C@@]46OO5)OC3O[C@@H]4OC5(C)CC[C@H]6[C@H](C)CC[C@@H]([C@H]3C)[C@@]46OO5)O[C@@H]3OC4(C)CC[C@@H]1[C@]32OO4. The smallest absolute Gasteiger partial charge is 0.201 e. The third-order valence-electron chi connectivity index (χ3n) is 19.5. The van der Waals surface area contributed by atoms with Gasteiger partial charge in [0.05, 0.1) is 6.61 Å². The Kier molecular flexibility index (Phi) is 10.5. The standard InChI is InChI=1S/C48H74O15/c1-24-10-13-33-27(4)37(52-40-46(33)30(24)16-20-43(7,55-40)58-61-46)49-23-19-36(50-38-28(5)34-14-11-25(2)31-17-21-44(8)56-41(53-38)47(31,34)62-59-44)51-39-29(6)35-15-12-26(3)32-18-22-45(9)57-42(54-39)48(32,35)63-60-45/h24-42H,10-23H2,1-9H3/t24-,25-,26-,27-,28-,29-,30+,31+,32+,33+,34+,35+,36?,37?,38?,39?,40-,41-,42-,43?,44?,45?,46-,47-,48-/m1/s1. The molecule has 0 amide bonds. The van der Waals surface area contributed by atoms with Crippen LogP contribution in [0.15, 0.2) is 0 Å². The van der Waals surface area contributed by atoms with E-state index in [1.165, 1.54) is 0 Å². The molecule has 15 fully saturated rings. The molecule has 0 aromatic carbocycles. The maximum atomic E-state index is 7.13. The molecule has 15 aliphatic rings. The first-order valence-corrected chi connectivity index (χ1v) is 25.1. The number of hydrogen-bond acceptors (Lipinski definition) is 15. The molecule has 12 aliphatic heterocycles. The van der Waals surface area contributed by atoms with E-state index in [1.54, 1.807) is 0 Å². The van der Waals surface area contributed by atoms with Crippen LogP contribution in [0, 0.1) is 71.0 Å². The zero-order valence-electron chi connectivity index (χ0n) is 39.0. The molecule has 0 N–H and O–H groups in total. The minimum Gasteiger partial charge on any atom is -0.352 e. The van der Waals surface area contributed by atoms with Crippen LogP contribution in [0.5, 0.6) is 0 Å². The molecule has 6 unspecified atom stereocenters. The second kappa shape index (κ2) is 15.2. The van der Waals surface area contributed by atoms with Crippen LogP contribution in [0.25, 0.3) is 0 Å². The first-order chi connectivity index (χ1) is 30.1. The Morgan fingerprint density at radius 1 is 0.429 bits per heavy atom. The van der Waals surface area contributed by atoms with Gasteiger partial charge in [0.15, 0.2) is 60.8 Å². The van der Waals surface area contributed by atoms with Crippen molar-refractivity contribution in [3.63, 3.8) is 0 Å². The Balaban J connectivity index is 0.817. The molecule has 3 saturated carbocycles. The van der Waals surface area contributed by atoms with Gasteiger partial charge in [-0.05, 0) is 114 Å². The van der Waals surface area contributed by atoms with Gasteiger partial charge in [-0.2, -0.15) is 0 Å². The Hall–Kier alpha value is -0.600. The second-order valence-electron chi connectivity index (χ2n) is 23.2. The Morgan fingerprint density at radius 3 is 1.16 bits per heavy atom. The molecule has 12 heterocycles. The summed E-state index contributed by atoms with van der Waals surface area (Å²) in [5.41, 5.74) is -2.09. The van der Waals surface area contributed by atoms with Gasteiger partial charge in [-0.25, -0.2) is 29.3 Å². The van der Waals surface area contributed by atoms with Crippen molar-refractivity contribution in [1.29, 1.82) is 0 Å². The summed E-state index contributed by atoms with van der Waals surface area (Å²) < 4.78 is 62.0.